The molecule has 0 aromatic carbocycles. The minimum absolute atomic E-state index is 0.0996. The van der Waals surface area contributed by atoms with Crippen molar-refractivity contribution in [3.8, 4) is 0 Å². The number of piperidine rings is 1. The van der Waals surface area contributed by atoms with Gasteiger partial charge in [0.15, 0.2) is 5.84 Å². The summed E-state index contributed by atoms with van der Waals surface area (Å²) in [6.07, 6.45) is 1.20. The number of rotatable bonds is 3. The van der Waals surface area contributed by atoms with E-state index in [0.29, 0.717) is 11.5 Å². The van der Waals surface area contributed by atoms with Crippen molar-refractivity contribution >= 4 is 11.7 Å². The zero-order chi connectivity index (χ0) is 15.6. The molecule has 0 amide bonds. The van der Waals surface area contributed by atoms with Crippen molar-refractivity contribution < 1.29 is 9.94 Å². The number of aromatic nitrogens is 1. The third-order valence-corrected chi connectivity index (χ3v) is 4.18. The summed E-state index contributed by atoms with van der Waals surface area (Å²) in [4.78, 5) is 6.79. The Bertz CT molecular complexity index is 545. The lowest BCUT2D eigenvalue weighted by Gasteiger charge is -2.37. The highest BCUT2D eigenvalue weighted by Gasteiger charge is 2.29. The SMILES string of the molecule is COC1CN(c2nc(C)cc(C)c2/C(N)=N/O)CCC1C. The van der Waals surface area contributed by atoms with Crippen LogP contribution < -0.4 is 10.6 Å². The van der Waals surface area contributed by atoms with Crippen LogP contribution in [0.3, 0.4) is 0 Å². The smallest absolute Gasteiger partial charge is 0.174 e. The highest BCUT2D eigenvalue weighted by atomic mass is 16.5. The fourth-order valence-corrected chi connectivity index (χ4v) is 2.95. The lowest BCUT2D eigenvalue weighted by molar-refractivity contribution is 0.0496. The molecule has 3 N–H and O–H groups in total. The molecule has 21 heavy (non-hydrogen) atoms. The first-order valence-corrected chi connectivity index (χ1v) is 7.21. The largest absolute Gasteiger partial charge is 0.409 e. The third kappa shape index (κ3) is 3.10. The number of hydrogen-bond acceptors (Lipinski definition) is 5. The van der Waals surface area contributed by atoms with E-state index in [-0.39, 0.29) is 11.9 Å². The van der Waals surface area contributed by atoms with Gasteiger partial charge in [0.05, 0.1) is 11.7 Å². The van der Waals surface area contributed by atoms with Gasteiger partial charge in [-0.15, -0.1) is 0 Å². The molecule has 0 spiro atoms. The van der Waals surface area contributed by atoms with Gasteiger partial charge in [0, 0.05) is 25.9 Å². The second-order valence-corrected chi connectivity index (χ2v) is 5.75. The number of pyridine rings is 1. The van der Waals surface area contributed by atoms with Gasteiger partial charge in [-0.2, -0.15) is 0 Å². The minimum atomic E-state index is 0.0996. The first kappa shape index (κ1) is 15.6. The molecule has 1 aromatic rings. The van der Waals surface area contributed by atoms with E-state index in [9.17, 15) is 0 Å². The molecule has 0 radical (unpaired) electrons. The number of anilines is 1. The molecule has 0 saturated carbocycles. The van der Waals surface area contributed by atoms with E-state index in [2.05, 4.69) is 22.0 Å². The summed E-state index contributed by atoms with van der Waals surface area (Å²) in [5, 5.41) is 12.2. The summed E-state index contributed by atoms with van der Waals surface area (Å²) in [6, 6.07) is 1.94. The van der Waals surface area contributed by atoms with Crippen LogP contribution in [0.5, 0.6) is 0 Å². The maximum absolute atomic E-state index is 9.04. The Morgan fingerprint density at radius 3 is 2.86 bits per heavy atom. The number of nitrogens with zero attached hydrogens (tertiary/aromatic N) is 3. The molecule has 116 valence electrons. The Morgan fingerprint density at radius 2 is 2.24 bits per heavy atom. The van der Waals surface area contributed by atoms with E-state index in [1.165, 1.54) is 0 Å². The zero-order valence-electron chi connectivity index (χ0n) is 13.1. The van der Waals surface area contributed by atoms with Crippen molar-refractivity contribution in [2.75, 3.05) is 25.1 Å². The maximum Gasteiger partial charge on any atom is 0.174 e. The van der Waals surface area contributed by atoms with Gasteiger partial charge < -0.3 is 20.6 Å². The van der Waals surface area contributed by atoms with Crippen molar-refractivity contribution in [3.63, 3.8) is 0 Å². The van der Waals surface area contributed by atoms with Gasteiger partial charge in [0.1, 0.15) is 5.82 Å². The van der Waals surface area contributed by atoms with Crippen LogP contribution in [0.15, 0.2) is 11.2 Å². The minimum Gasteiger partial charge on any atom is -0.409 e. The Labute approximate surface area is 125 Å². The van der Waals surface area contributed by atoms with Crippen LogP contribution in [-0.2, 0) is 4.74 Å². The van der Waals surface area contributed by atoms with Crippen LogP contribution >= 0.6 is 0 Å². The Balaban J connectivity index is 2.43. The van der Waals surface area contributed by atoms with Gasteiger partial charge in [-0.25, -0.2) is 4.98 Å². The quantitative estimate of drug-likeness (QED) is 0.383. The molecule has 6 nitrogen and oxygen atoms in total. The molecular weight excluding hydrogens is 268 g/mol. The number of aryl methyl sites for hydroxylation is 2. The van der Waals surface area contributed by atoms with E-state index in [1.807, 2.05) is 19.9 Å². The fourth-order valence-electron chi connectivity index (χ4n) is 2.95. The summed E-state index contributed by atoms with van der Waals surface area (Å²) in [6.45, 7) is 7.76. The highest BCUT2D eigenvalue weighted by molar-refractivity contribution is 6.02. The summed E-state index contributed by atoms with van der Waals surface area (Å²) >= 11 is 0. The van der Waals surface area contributed by atoms with E-state index in [4.69, 9.17) is 15.7 Å². The van der Waals surface area contributed by atoms with Gasteiger partial charge in [-0.05, 0) is 37.8 Å². The molecular formula is C15H24N4O2. The van der Waals surface area contributed by atoms with Crippen molar-refractivity contribution in [2.24, 2.45) is 16.8 Å². The van der Waals surface area contributed by atoms with Crippen LogP contribution in [0.2, 0.25) is 0 Å². The van der Waals surface area contributed by atoms with E-state index in [1.54, 1.807) is 7.11 Å². The molecule has 2 atom stereocenters. The van der Waals surface area contributed by atoms with Gasteiger partial charge in [0.25, 0.3) is 0 Å². The lowest BCUT2D eigenvalue weighted by atomic mass is 9.95. The predicted molar refractivity (Wildman–Crippen MR) is 83.0 cm³/mol. The predicted octanol–water partition coefficient (Wildman–Crippen LogP) is 1.65. The van der Waals surface area contributed by atoms with Crippen LogP contribution in [-0.4, -0.2) is 42.3 Å². The number of methoxy groups -OCH3 is 1. The molecule has 0 bridgehead atoms. The molecule has 1 fully saturated rings. The summed E-state index contributed by atoms with van der Waals surface area (Å²) in [7, 11) is 1.74. The Hall–Kier alpha value is -1.82. The van der Waals surface area contributed by atoms with Crippen LogP contribution in [0.4, 0.5) is 5.82 Å². The molecule has 1 aromatic heterocycles. The number of nitrogens with two attached hydrogens (primary N) is 1. The van der Waals surface area contributed by atoms with Gasteiger partial charge in [-0.3, -0.25) is 0 Å². The van der Waals surface area contributed by atoms with Gasteiger partial charge >= 0.3 is 0 Å². The summed E-state index contributed by atoms with van der Waals surface area (Å²) < 4.78 is 5.56. The Kier molecular flexibility index (Phi) is 4.67. The van der Waals surface area contributed by atoms with Crippen molar-refractivity contribution in [3.05, 3.63) is 22.9 Å². The second kappa shape index (κ2) is 6.30. The molecule has 2 rings (SSSR count). The van der Waals surface area contributed by atoms with Crippen molar-refractivity contribution in [1.82, 2.24) is 4.98 Å². The maximum atomic E-state index is 9.04. The second-order valence-electron chi connectivity index (χ2n) is 5.75. The molecule has 0 aliphatic carbocycles. The number of oxime groups is 1. The number of ether oxygens (including phenoxy) is 1. The number of amidine groups is 1. The zero-order valence-corrected chi connectivity index (χ0v) is 13.1. The monoisotopic (exact) mass is 292 g/mol. The molecule has 6 heteroatoms. The molecule has 1 saturated heterocycles. The summed E-state index contributed by atoms with van der Waals surface area (Å²) in [5.41, 5.74) is 8.43. The third-order valence-electron chi connectivity index (χ3n) is 4.18. The molecule has 1 aliphatic rings. The summed E-state index contributed by atoms with van der Waals surface area (Å²) in [5.74, 6) is 1.39. The number of hydrogen-bond donors (Lipinski definition) is 2. The molecule has 2 unspecified atom stereocenters. The van der Waals surface area contributed by atoms with Crippen molar-refractivity contribution in [2.45, 2.75) is 33.3 Å². The van der Waals surface area contributed by atoms with Crippen molar-refractivity contribution in [1.29, 1.82) is 0 Å². The molecule has 1 aliphatic heterocycles. The molecule has 2 heterocycles. The first-order chi connectivity index (χ1) is 9.97. The van der Waals surface area contributed by atoms with Crippen LogP contribution in [0.1, 0.15) is 30.2 Å². The average molecular weight is 292 g/mol. The first-order valence-electron chi connectivity index (χ1n) is 7.21. The standard InChI is InChI=1S/C15H24N4O2/c1-9-5-6-19(8-12(9)21-4)15-13(14(16)18-20)10(2)7-11(3)17-15/h7,9,12,20H,5-6,8H2,1-4H3,(H2,16,18). The fraction of sp³-hybridized carbons (Fsp3) is 0.600. The van der Waals surface area contributed by atoms with Gasteiger partial charge in [-0.1, -0.05) is 12.1 Å². The van der Waals surface area contributed by atoms with E-state index in [0.717, 1.165) is 36.6 Å². The van der Waals surface area contributed by atoms with E-state index >= 15 is 0 Å². The average Bonchev–Trinajstić information content (AvgIpc) is 2.46. The topological polar surface area (TPSA) is 84.0 Å². The lowest BCUT2D eigenvalue weighted by Crippen LogP contribution is -2.45. The van der Waals surface area contributed by atoms with Crippen LogP contribution in [0, 0.1) is 19.8 Å². The highest BCUT2D eigenvalue weighted by Crippen LogP contribution is 2.28. The van der Waals surface area contributed by atoms with Gasteiger partial charge in [0.2, 0.25) is 0 Å². The van der Waals surface area contributed by atoms with E-state index < -0.39 is 0 Å². The Morgan fingerprint density at radius 1 is 1.52 bits per heavy atom. The normalized spacial score (nSPS) is 23.4. The van der Waals surface area contributed by atoms with Crippen LogP contribution in [0.25, 0.3) is 0 Å².